The van der Waals surface area contributed by atoms with Gasteiger partial charge >= 0.3 is 0 Å². The van der Waals surface area contributed by atoms with Crippen LogP contribution in [0.5, 0.6) is 5.75 Å². The molecule has 0 unspecified atom stereocenters. The molecule has 3 rings (SSSR count). The fourth-order valence-corrected chi connectivity index (χ4v) is 3.99. The second-order valence-corrected chi connectivity index (χ2v) is 8.84. The lowest BCUT2D eigenvalue weighted by Gasteiger charge is -2.12. The number of rotatable bonds is 6. The number of carbonyl (C=O) groups is 1. The van der Waals surface area contributed by atoms with E-state index < -0.39 is 5.91 Å². The van der Waals surface area contributed by atoms with Gasteiger partial charge in [0, 0.05) is 10.7 Å². The summed E-state index contributed by atoms with van der Waals surface area (Å²) in [6, 6.07) is 18.5. The molecule has 0 atom stereocenters. The predicted molar refractivity (Wildman–Crippen MR) is 133 cm³/mol. The van der Waals surface area contributed by atoms with E-state index >= 15 is 0 Å². The first-order chi connectivity index (χ1) is 15.3. The molecule has 0 aliphatic heterocycles. The van der Waals surface area contributed by atoms with Gasteiger partial charge < -0.3 is 10.1 Å². The number of carbonyl (C=O) groups excluding carboxylic acids is 1. The molecule has 162 valence electrons. The fraction of sp³-hybridized carbons (Fsp3) is 0.120. The Labute approximate surface area is 205 Å². The van der Waals surface area contributed by atoms with Crippen LogP contribution >= 0.6 is 39.1 Å². The molecule has 0 bridgehead atoms. The normalized spacial score (nSPS) is 11.1. The lowest BCUT2D eigenvalue weighted by Crippen LogP contribution is -2.13. The molecule has 0 radical (unpaired) electrons. The molecule has 0 saturated carbocycles. The van der Waals surface area contributed by atoms with Crippen LogP contribution in [0.1, 0.15) is 22.3 Å². The highest BCUT2D eigenvalue weighted by molar-refractivity contribution is 9.10. The standard InChI is InChI=1S/C25H19BrCl2N2O2/c1-15-3-6-17(7-4-15)14-32-24-21(26)10-18(11-23(24)28)9-19(13-29)25(31)30-20-8-5-16(2)22(27)12-20/h3-12H,14H2,1-2H3,(H,30,31)/b19-9-. The molecule has 0 aliphatic rings. The summed E-state index contributed by atoms with van der Waals surface area (Å²) >= 11 is 16.0. The van der Waals surface area contributed by atoms with Crippen LogP contribution in [0.3, 0.4) is 0 Å². The van der Waals surface area contributed by atoms with Gasteiger partial charge in [0.1, 0.15) is 18.2 Å². The largest absolute Gasteiger partial charge is 0.486 e. The first kappa shape index (κ1) is 23.9. The molecular weight excluding hydrogens is 511 g/mol. The smallest absolute Gasteiger partial charge is 0.266 e. The molecule has 4 nitrogen and oxygen atoms in total. The van der Waals surface area contributed by atoms with E-state index in [0.29, 0.717) is 38.1 Å². The Morgan fingerprint density at radius 2 is 1.81 bits per heavy atom. The Kier molecular flexibility index (Phi) is 7.98. The number of anilines is 1. The van der Waals surface area contributed by atoms with Crippen molar-refractivity contribution in [2.24, 2.45) is 0 Å². The molecule has 0 aliphatic carbocycles. The molecule has 0 aromatic heterocycles. The summed E-state index contributed by atoms with van der Waals surface area (Å²) in [4.78, 5) is 12.5. The SMILES string of the molecule is Cc1ccc(COc2c(Cl)cc(/C=C(/C#N)C(=O)Nc3ccc(C)c(Cl)c3)cc2Br)cc1. The van der Waals surface area contributed by atoms with E-state index in [2.05, 4.69) is 21.2 Å². The number of aryl methyl sites for hydroxylation is 2. The third kappa shape index (κ3) is 6.14. The minimum Gasteiger partial charge on any atom is -0.486 e. The summed E-state index contributed by atoms with van der Waals surface area (Å²) < 4.78 is 6.49. The summed E-state index contributed by atoms with van der Waals surface area (Å²) in [5.41, 5.74) is 4.10. The molecule has 0 spiro atoms. The lowest BCUT2D eigenvalue weighted by atomic mass is 10.1. The first-order valence-electron chi connectivity index (χ1n) is 9.63. The van der Waals surface area contributed by atoms with E-state index in [4.69, 9.17) is 27.9 Å². The molecule has 0 fully saturated rings. The second kappa shape index (κ2) is 10.7. The van der Waals surface area contributed by atoms with Crippen LogP contribution in [-0.4, -0.2) is 5.91 Å². The van der Waals surface area contributed by atoms with E-state index in [1.807, 2.05) is 44.2 Å². The molecule has 0 saturated heterocycles. The first-order valence-corrected chi connectivity index (χ1v) is 11.2. The Morgan fingerprint density at radius 1 is 1.09 bits per heavy atom. The molecule has 32 heavy (non-hydrogen) atoms. The Morgan fingerprint density at radius 3 is 2.44 bits per heavy atom. The average Bonchev–Trinajstić information content (AvgIpc) is 2.75. The van der Waals surface area contributed by atoms with E-state index in [1.54, 1.807) is 30.3 Å². The molecule has 3 aromatic rings. The van der Waals surface area contributed by atoms with Crippen molar-refractivity contribution in [2.75, 3.05) is 5.32 Å². The highest BCUT2D eigenvalue weighted by atomic mass is 79.9. The van der Waals surface area contributed by atoms with Crippen LogP contribution in [0.4, 0.5) is 5.69 Å². The topological polar surface area (TPSA) is 62.1 Å². The fourth-order valence-electron chi connectivity index (χ4n) is 2.82. The minimum absolute atomic E-state index is 0.0713. The zero-order valence-electron chi connectivity index (χ0n) is 17.4. The molecule has 3 aromatic carbocycles. The minimum atomic E-state index is -0.542. The zero-order chi connectivity index (χ0) is 23.3. The van der Waals surface area contributed by atoms with Crippen LogP contribution in [0.25, 0.3) is 6.08 Å². The number of nitriles is 1. The van der Waals surface area contributed by atoms with E-state index in [-0.39, 0.29) is 5.57 Å². The number of ether oxygens (including phenoxy) is 1. The Bertz CT molecular complexity index is 1210. The van der Waals surface area contributed by atoms with Gasteiger partial charge in [-0.05, 0) is 76.8 Å². The number of amides is 1. The van der Waals surface area contributed by atoms with Crippen LogP contribution in [0.15, 0.2) is 64.6 Å². The van der Waals surface area contributed by atoms with Gasteiger partial charge in [0.15, 0.2) is 5.75 Å². The van der Waals surface area contributed by atoms with Crippen LogP contribution in [0.2, 0.25) is 10.0 Å². The van der Waals surface area contributed by atoms with Crippen molar-refractivity contribution in [3.8, 4) is 11.8 Å². The third-order valence-corrected chi connectivity index (χ3v) is 5.91. The summed E-state index contributed by atoms with van der Waals surface area (Å²) in [5.74, 6) is -0.0546. The van der Waals surface area contributed by atoms with Crippen molar-refractivity contribution in [2.45, 2.75) is 20.5 Å². The number of hydrogen-bond acceptors (Lipinski definition) is 3. The van der Waals surface area contributed by atoms with Gasteiger partial charge in [-0.3, -0.25) is 4.79 Å². The van der Waals surface area contributed by atoms with E-state index in [9.17, 15) is 10.1 Å². The van der Waals surface area contributed by atoms with Crippen LogP contribution in [0, 0.1) is 25.2 Å². The van der Waals surface area contributed by atoms with Gasteiger partial charge in [0.2, 0.25) is 0 Å². The predicted octanol–water partition coefficient (Wildman–Crippen LogP) is 7.50. The number of halogens is 3. The number of benzene rings is 3. The molecule has 1 amide bonds. The summed E-state index contributed by atoms with van der Waals surface area (Å²) in [7, 11) is 0. The van der Waals surface area contributed by atoms with Gasteiger partial charge in [0.05, 0.1) is 9.50 Å². The van der Waals surface area contributed by atoms with Gasteiger partial charge in [-0.25, -0.2) is 0 Å². The molecule has 7 heteroatoms. The number of hydrogen-bond donors (Lipinski definition) is 1. The van der Waals surface area contributed by atoms with Gasteiger partial charge in [0.25, 0.3) is 5.91 Å². The van der Waals surface area contributed by atoms with Crippen molar-refractivity contribution in [3.63, 3.8) is 0 Å². The van der Waals surface area contributed by atoms with Crippen LogP contribution in [-0.2, 0) is 11.4 Å². The van der Waals surface area contributed by atoms with E-state index in [0.717, 1.165) is 11.1 Å². The maximum absolute atomic E-state index is 12.5. The quantitative estimate of drug-likeness (QED) is 0.265. The Hall–Kier alpha value is -2.78. The highest BCUT2D eigenvalue weighted by Gasteiger charge is 2.13. The number of nitrogens with one attached hydrogen (secondary N) is 1. The monoisotopic (exact) mass is 528 g/mol. The van der Waals surface area contributed by atoms with Crippen molar-refractivity contribution in [1.82, 2.24) is 0 Å². The highest BCUT2D eigenvalue weighted by Crippen LogP contribution is 2.35. The Balaban J connectivity index is 1.77. The molecule has 1 N–H and O–H groups in total. The second-order valence-electron chi connectivity index (χ2n) is 7.18. The van der Waals surface area contributed by atoms with Crippen molar-refractivity contribution in [1.29, 1.82) is 5.26 Å². The number of nitrogens with zero attached hydrogens (tertiary/aromatic N) is 1. The third-order valence-electron chi connectivity index (χ3n) is 4.63. The maximum Gasteiger partial charge on any atom is 0.266 e. The maximum atomic E-state index is 12.5. The molecule has 0 heterocycles. The molecular formula is C25H19BrCl2N2O2. The van der Waals surface area contributed by atoms with Crippen molar-refractivity contribution < 1.29 is 9.53 Å². The zero-order valence-corrected chi connectivity index (χ0v) is 20.5. The van der Waals surface area contributed by atoms with Gasteiger partial charge in [-0.15, -0.1) is 0 Å². The van der Waals surface area contributed by atoms with Gasteiger partial charge in [-0.2, -0.15) is 5.26 Å². The van der Waals surface area contributed by atoms with Gasteiger partial charge in [-0.1, -0.05) is 59.1 Å². The van der Waals surface area contributed by atoms with Crippen molar-refractivity contribution in [3.05, 3.63) is 96.9 Å². The summed E-state index contributed by atoms with van der Waals surface area (Å²) in [6.07, 6.45) is 1.46. The van der Waals surface area contributed by atoms with Crippen molar-refractivity contribution >= 4 is 56.8 Å². The lowest BCUT2D eigenvalue weighted by molar-refractivity contribution is -0.112. The summed E-state index contributed by atoms with van der Waals surface area (Å²) in [5, 5.41) is 13.1. The summed E-state index contributed by atoms with van der Waals surface area (Å²) in [6.45, 7) is 4.25. The average molecular weight is 530 g/mol. The van der Waals surface area contributed by atoms with E-state index in [1.165, 1.54) is 11.6 Å². The van der Waals surface area contributed by atoms with Crippen LogP contribution < -0.4 is 10.1 Å².